The van der Waals surface area contributed by atoms with Crippen LogP contribution < -0.4 is 20.3 Å². The van der Waals surface area contributed by atoms with Gasteiger partial charge in [-0.25, -0.2) is 12.8 Å². The minimum Gasteiger partial charge on any atom is -0.384 e. The van der Waals surface area contributed by atoms with E-state index in [1.54, 1.807) is 30.3 Å². The van der Waals surface area contributed by atoms with Crippen LogP contribution in [-0.4, -0.2) is 58.3 Å². The number of sulfonamides is 1. The number of amides is 2. The van der Waals surface area contributed by atoms with Crippen molar-refractivity contribution in [2.75, 3.05) is 47.0 Å². The van der Waals surface area contributed by atoms with Gasteiger partial charge in [0.25, 0.3) is 5.91 Å². The molecule has 9 nitrogen and oxygen atoms in total. The second-order valence-electron chi connectivity index (χ2n) is 12.4. The minimum atomic E-state index is -3.40. The van der Waals surface area contributed by atoms with E-state index in [4.69, 9.17) is 4.74 Å². The van der Waals surface area contributed by atoms with Gasteiger partial charge in [0, 0.05) is 54.2 Å². The third-order valence-electron chi connectivity index (χ3n) is 9.55. The SMILES string of the molecule is CC1CCC([C@H](NC(=O)c2cccc(N3CCCS3(=O)=O)c2)C(=O)Nc2cc(F)c3c(c2)NCC32CCOCC2)CC1. The first kappa shape index (κ1) is 28.9. The van der Waals surface area contributed by atoms with Gasteiger partial charge in [-0.2, -0.15) is 0 Å². The third-order valence-corrected chi connectivity index (χ3v) is 11.4. The highest BCUT2D eigenvalue weighted by atomic mass is 32.2. The first-order valence-corrected chi connectivity index (χ1v) is 16.6. The van der Waals surface area contributed by atoms with Crippen molar-refractivity contribution in [1.29, 1.82) is 0 Å². The fraction of sp³-hybridized carbons (Fsp3) is 0.548. The molecule has 0 radical (unpaired) electrons. The fourth-order valence-corrected chi connectivity index (χ4v) is 8.65. The van der Waals surface area contributed by atoms with E-state index in [-0.39, 0.29) is 34.4 Å². The Morgan fingerprint density at radius 1 is 1.12 bits per heavy atom. The van der Waals surface area contributed by atoms with Crippen molar-refractivity contribution in [3.05, 3.63) is 53.3 Å². The number of nitrogens with zero attached hydrogens (tertiary/aromatic N) is 1. The van der Waals surface area contributed by atoms with Crippen molar-refractivity contribution < 1.29 is 27.1 Å². The number of ether oxygens (including phenoxy) is 1. The number of benzene rings is 2. The van der Waals surface area contributed by atoms with Crippen LogP contribution >= 0.6 is 0 Å². The van der Waals surface area contributed by atoms with E-state index < -0.39 is 22.0 Å². The standard InChI is InChI=1S/C31H39FN4O5S/c1-20-6-8-21(9-7-20)28(35-29(37)22-4-2-5-24(16-22)36-12-3-15-42(36,39)40)30(38)34-23-17-25(32)27-26(18-23)33-19-31(27)10-13-41-14-11-31/h2,4-5,16-18,20-21,28,33H,3,6-15,19H2,1H3,(H,34,38)(H,35,37)/t20?,21?,28-/m0/s1. The first-order chi connectivity index (χ1) is 20.1. The van der Waals surface area contributed by atoms with E-state index in [0.717, 1.165) is 38.5 Å². The van der Waals surface area contributed by atoms with E-state index in [1.165, 1.54) is 10.4 Å². The zero-order valence-corrected chi connectivity index (χ0v) is 24.8. The molecule has 0 bridgehead atoms. The second-order valence-corrected chi connectivity index (χ2v) is 14.4. The maximum absolute atomic E-state index is 15.5. The number of carbonyl (C=O) groups excluding carboxylic acids is 2. The Kier molecular flexibility index (Phi) is 7.91. The topological polar surface area (TPSA) is 117 Å². The van der Waals surface area contributed by atoms with E-state index in [1.807, 2.05) is 0 Å². The van der Waals surface area contributed by atoms with Gasteiger partial charge >= 0.3 is 0 Å². The summed E-state index contributed by atoms with van der Waals surface area (Å²) in [6.07, 6.45) is 5.51. The molecule has 3 fully saturated rings. The molecule has 3 heterocycles. The summed E-state index contributed by atoms with van der Waals surface area (Å²) in [6.45, 7) is 4.39. The predicted octanol–water partition coefficient (Wildman–Crippen LogP) is 4.40. The molecule has 4 aliphatic rings. The molecule has 1 atom stereocenters. The highest BCUT2D eigenvalue weighted by molar-refractivity contribution is 7.93. The Labute approximate surface area is 246 Å². The van der Waals surface area contributed by atoms with Gasteiger partial charge in [0.05, 0.1) is 11.4 Å². The molecule has 1 saturated carbocycles. The Bertz CT molecular complexity index is 1470. The zero-order valence-electron chi connectivity index (χ0n) is 24.0. The van der Waals surface area contributed by atoms with Gasteiger partial charge in [0.2, 0.25) is 15.9 Å². The second kappa shape index (κ2) is 11.5. The summed E-state index contributed by atoms with van der Waals surface area (Å²) in [6, 6.07) is 8.84. The average Bonchev–Trinajstić information content (AvgIpc) is 3.51. The summed E-state index contributed by atoms with van der Waals surface area (Å²) in [4.78, 5) is 27.2. The van der Waals surface area contributed by atoms with Crippen LogP contribution in [0, 0.1) is 17.7 Å². The predicted molar refractivity (Wildman–Crippen MR) is 160 cm³/mol. The number of halogens is 1. The van der Waals surface area contributed by atoms with Crippen molar-refractivity contribution in [2.24, 2.45) is 11.8 Å². The van der Waals surface area contributed by atoms with Crippen LogP contribution in [0.15, 0.2) is 36.4 Å². The molecule has 1 spiro atoms. The van der Waals surface area contributed by atoms with Crippen LogP contribution in [0.3, 0.4) is 0 Å². The van der Waals surface area contributed by atoms with Crippen LogP contribution in [0.1, 0.15) is 67.8 Å². The van der Waals surface area contributed by atoms with Crippen molar-refractivity contribution in [2.45, 2.75) is 63.3 Å². The lowest BCUT2D eigenvalue weighted by Crippen LogP contribution is -2.49. The molecule has 2 aromatic rings. The number of rotatable bonds is 6. The van der Waals surface area contributed by atoms with Crippen molar-refractivity contribution in [3.63, 3.8) is 0 Å². The van der Waals surface area contributed by atoms with Crippen LogP contribution in [0.25, 0.3) is 0 Å². The number of fused-ring (bicyclic) bond motifs is 2. The lowest BCUT2D eigenvalue weighted by atomic mass is 9.75. The molecule has 0 aromatic heterocycles. The number of anilines is 3. The molecular formula is C31H39FN4O5S. The summed E-state index contributed by atoms with van der Waals surface area (Å²) in [5.74, 6) is -0.630. The van der Waals surface area contributed by atoms with Gasteiger partial charge < -0.3 is 20.7 Å². The summed E-state index contributed by atoms with van der Waals surface area (Å²) in [7, 11) is -3.40. The van der Waals surface area contributed by atoms with E-state index in [0.29, 0.717) is 61.3 Å². The Hall–Kier alpha value is -3.18. The highest BCUT2D eigenvalue weighted by Crippen LogP contribution is 2.46. The smallest absolute Gasteiger partial charge is 0.252 e. The number of carbonyl (C=O) groups is 2. The molecule has 226 valence electrons. The Morgan fingerprint density at radius 2 is 1.88 bits per heavy atom. The summed E-state index contributed by atoms with van der Waals surface area (Å²) >= 11 is 0. The van der Waals surface area contributed by atoms with Gasteiger partial charge in [-0.3, -0.25) is 13.9 Å². The van der Waals surface area contributed by atoms with Gasteiger partial charge in [-0.15, -0.1) is 0 Å². The molecular weight excluding hydrogens is 559 g/mol. The van der Waals surface area contributed by atoms with Crippen molar-refractivity contribution in [1.82, 2.24) is 5.32 Å². The van der Waals surface area contributed by atoms with Gasteiger partial charge in [-0.05, 0) is 74.3 Å². The maximum atomic E-state index is 15.5. The normalized spacial score (nSPS) is 25.0. The summed E-state index contributed by atoms with van der Waals surface area (Å²) in [5, 5.41) is 9.18. The Balaban J connectivity index is 1.22. The lowest BCUT2D eigenvalue weighted by Gasteiger charge is -2.33. The fourth-order valence-electron chi connectivity index (χ4n) is 7.09. The molecule has 6 rings (SSSR count). The van der Waals surface area contributed by atoms with Crippen LogP contribution in [0.4, 0.5) is 21.5 Å². The minimum absolute atomic E-state index is 0.0739. The van der Waals surface area contributed by atoms with Gasteiger partial charge in [0.1, 0.15) is 11.9 Å². The van der Waals surface area contributed by atoms with Crippen molar-refractivity contribution in [3.8, 4) is 0 Å². The molecule has 11 heteroatoms. The van der Waals surface area contributed by atoms with Gasteiger partial charge in [0.15, 0.2) is 0 Å². The number of nitrogens with one attached hydrogen (secondary N) is 3. The molecule has 2 saturated heterocycles. The molecule has 2 aromatic carbocycles. The highest BCUT2D eigenvalue weighted by Gasteiger charge is 2.43. The average molecular weight is 599 g/mol. The van der Waals surface area contributed by atoms with E-state index in [2.05, 4.69) is 22.9 Å². The first-order valence-electron chi connectivity index (χ1n) is 15.0. The molecule has 0 unspecified atom stereocenters. The lowest BCUT2D eigenvalue weighted by molar-refractivity contribution is -0.119. The number of hydrogen-bond acceptors (Lipinski definition) is 6. The molecule has 2 amide bonds. The van der Waals surface area contributed by atoms with Gasteiger partial charge in [-0.1, -0.05) is 25.8 Å². The van der Waals surface area contributed by atoms with Crippen molar-refractivity contribution >= 4 is 38.9 Å². The maximum Gasteiger partial charge on any atom is 0.252 e. The molecule has 1 aliphatic carbocycles. The quantitative estimate of drug-likeness (QED) is 0.454. The van der Waals surface area contributed by atoms with Crippen LogP contribution in [-0.2, 0) is 25.0 Å². The monoisotopic (exact) mass is 598 g/mol. The number of hydrogen-bond donors (Lipinski definition) is 3. The molecule has 3 aliphatic heterocycles. The Morgan fingerprint density at radius 3 is 2.60 bits per heavy atom. The van der Waals surface area contributed by atoms with E-state index in [9.17, 15) is 18.0 Å². The summed E-state index contributed by atoms with van der Waals surface area (Å²) < 4.78 is 47.2. The van der Waals surface area contributed by atoms with E-state index >= 15 is 4.39 Å². The van der Waals surface area contributed by atoms with Crippen LogP contribution in [0.5, 0.6) is 0 Å². The molecule has 3 N–H and O–H groups in total. The third kappa shape index (κ3) is 5.60. The summed E-state index contributed by atoms with van der Waals surface area (Å²) in [5.41, 5.74) is 2.13. The van der Waals surface area contributed by atoms with Crippen LogP contribution in [0.2, 0.25) is 0 Å². The zero-order chi connectivity index (χ0) is 29.5. The molecule has 42 heavy (non-hydrogen) atoms. The largest absolute Gasteiger partial charge is 0.384 e.